The van der Waals surface area contributed by atoms with Gasteiger partial charge in [-0.2, -0.15) is 0 Å². The van der Waals surface area contributed by atoms with E-state index in [-0.39, 0.29) is 24.6 Å². The molecule has 0 fully saturated rings. The van der Waals surface area contributed by atoms with Crippen molar-refractivity contribution in [2.24, 2.45) is 0 Å². The van der Waals surface area contributed by atoms with E-state index in [2.05, 4.69) is 15.5 Å². The first-order chi connectivity index (χ1) is 14.9. The molecule has 0 radical (unpaired) electrons. The van der Waals surface area contributed by atoms with E-state index < -0.39 is 5.97 Å². The Bertz CT molecular complexity index is 1110. The van der Waals surface area contributed by atoms with Gasteiger partial charge in [0.1, 0.15) is 28.3 Å². The van der Waals surface area contributed by atoms with Crippen LogP contribution in [0.4, 0.5) is 11.5 Å². The summed E-state index contributed by atoms with van der Waals surface area (Å²) in [5.41, 5.74) is 1.13. The molecule has 3 rings (SSSR count). The second kappa shape index (κ2) is 9.33. The highest BCUT2D eigenvalue weighted by molar-refractivity contribution is 6.10. The van der Waals surface area contributed by atoms with Gasteiger partial charge < -0.3 is 29.0 Å². The van der Waals surface area contributed by atoms with E-state index in [1.54, 1.807) is 44.0 Å². The first-order valence-corrected chi connectivity index (χ1v) is 9.54. The summed E-state index contributed by atoms with van der Waals surface area (Å²) in [6.45, 7) is 3.55. The minimum Gasteiger partial charge on any atom is -0.496 e. The van der Waals surface area contributed by atoms with Crippen LogP contribution in [0.25, 0.3) is 10.9 Å². The molecule has 164 valence electrons. The molecule has 0 atom stereocenters. The molecule has 0 aliphatic carbocycles. The minimum atomic E-state index is -0.559. The monoisotopic (exact) mass is 428 g/mol. The average Bonchev–Trinajstić information content (AvgIpc) is 3.16. The van der Waals surface area contributed by atoms with Crippen molar-refractivity contribution in [3.8, 4) is 11.5 Å². The van der Waals surface area contributed by atoms with Crippen LogP contribution in [-0.2, 0) is 9.53 Å². The predicted molar refractivity (Wildman–Crippen MR) is 114 cm³/mol. The van der Waals surface area contributed by atoms with Gasteiger partial charge in [0.25, 0.3) is 0 Å². The second-order valence-electron chi connectivity index (χ2n) is 6.66. The van der Waals surface area contributed by atoms with Crippen LogP contribution in [0.2, 0.25) is 0 Å². The van der Waals surface area contributed by atoms with Gasteiger partial charge in [-0.3, -0.25) is 9.78 Å². The zero-order chi connectivity index (χ0) is 22.5. The van der Waals surface area contributed by atoms with E-state index in [1.807, 2.05) is 0 Å². The maximum atomic E-state index is 12.7. The number of amides is 1. The number of rotatable bonds is 8. The Balaban J connectivity index is 2.08. The molecule has 10 heteroatoms. The summed E-state index contributed by atoms with van der Waals surface area (Å²) < 4.78 is 21.1. The predicted octanol–water partition coefficient (Wildman–Crippen LogP) is 2.80. The maximum Gasteiger partial charge on any atom is 0.341 e. The second-order valence-corrected chi connectivity index (χ2v) is 6.66. The highest BCUT2D eigenvalue weighted by Gasteiger charge is 2.25. The number of hydrogen-bond acceptors (Lipinski definition) is 9. The molecule has 0 unspecified atom stereocenters. The van der Waals surface area contributed by atoms with Crippen molar-refractivity contribution in [2.45, 2.75) is 13.8 Å². The SMILES string of the molecule is CCOC(=O)c1cnc2c(OC)ccc(OC)c2c1N(C)CC(=O)Nc1cc(C)on1. The number of anilines is 2. The Morgan fingerprint density at radius 2 is 1.90 bits per heavy atom. The number of likely N-dealkylation sites (N-methyl/N-ethyl adjacent to an activating group) is 1. The summed E-state index contributed by atoms with van der Waals surface area (Å²) in [5, 5.41) is 6.95. The number of carbonyl (C=O) groups excluding carboxylic acids is 2. The molecule has 0 saturated heterocycles. The molecule has 2 aromatic heterocycles. The number of nitrogens with one attached hydrogen (secondary N) is 1. The van der Waals surface area contributed by atoms with Gasteiger partial charge >= 0.3 is 5.97 Å². The highest BCUT2D eigenvalue weighted by atomic mass is 16.5. The molecule has 2 heterocycles. The van der Waals surface area contributed by atoms with Gasteiger partial charge in [0.15, 0.2) is 5.82 Å². The van der Waals surface area contributed by atoms with Crippen molar-refractivity contribution in [1.29, 1.82) is 0 Å². The quantitative estimate of drug-likeness (QED) is 0.541. The molecule has 10 nitrogen and oxygen atoms in total. The number of ether oxygens (including phenoxy) is 3. The van der Waals surface area contributed by atoms with E-state index in [1.165, 1.54) is 20.4 Å². The first kappa shape index (κ1) is 21.9. The third-order valence-corrected chi connectivity index (χ3v) is 4.51. The van der Waals surface area contributed by atoms with Crippen LogP contribution in [0.15, 0.2) is 28.9 Å². The minimum absolute atomic E-state index is 0.0855. The lowest BCUT2D eigenvalue weighted by atomic mass is 10.1. The molecule has 0 bridgehead atoms. The Morgan fingerprint density at radius 3 is 2.52 bits per heavy atom. The standard InChI is InChI=1S/C21H24N4O6/c1-6-30-21(27)13-10-22-19-15(29-5)8-7-14(28-4)18(19)20(13)25(3)11-17(26)23-16-9-12(2)31-24-16/h7-10H,6,11H2,1-5H3,(H,23,24,26). The van der Waals surface area contributed by atoms with Crippen LogP contribution in [0.1, 0.15) is 23.0 Å². The van der Waals surface area contributed by atoms with Crippen LogP contribution < -0.4 is 19.7 Å². The zero-order valence-corrected chi connectivity index (χ0v) is 18.0. The normalized spacial score (nSPS) is 10.6. The number of methoxy groups -OCH3 is 2. The number of fused-ring (bicyclic) bond motifs is 1. The molecule has 0 saturated carbocycles. The fourth-order valence-electron chi connectivity index (χ4n) is 3.23. The number of benzene rings is 1. The summed E-state index contributed by atoms with van der Waals surface area (Å²) in [5.74, 6) is 0.950. The number of nitrogens with zero attached hydrogens (tertiary/aromatic N) is 3. The van der Waals surface area contributed by atoms with E-state index >= 15 is 0 Å². The average molecular weight is 428 g/mol. The van der Waals surface area contributed by atoms with Crippen molar-refractivity contribution in [3.05, 3.63) is 35.7 Å². The Hall–Kier alpha value is -3.82. The van der Waals surface area contributed by atoms with Gasteiger partial charge in [-0.1, -0.05) is 5.16 Å². The lowest BCUT2D eigenvalue weighted by Crippen LogP contribution is -2.31. The van der Waals surface area contributed by atoms with Crippen molar-refractivity contribution in [2.75, 3.05) is 44.6 Å². The van der Waals surface area contributed by atoms with Gasteiger partial charge in [-0.25, -0.2) is 4.79 Å². The Labute approximate surface area is 179 Å². The number of carbonyl (C=O) groups is 2. The number of aryl methyl sites for hydroxylation is 1. The lowest BCUT2D eigenvalue weighted by Gasteiger charge is -2.24. The topological polar surface area (TPSA) is 116 Å². The van der Waals surface area contributed by atoms with Crippen molar-refractivity contribution >= 4 is 34.3 Å². The largest absolute Gasteiger partial charge is 0.496 e. The van der Waals surface area contributed by atoms with Crippen molar-refractivity contribution < 1.29 is 28.3 Å². The lowest BCUT2D eigenvalue weighted by molar-refractivity contribution is -0.115. The first-order valence-electron chi connectivity index (χ1n) is 9.54. The van der Waals surface area contributed by atoms with Crippen LogP contribution in [0.3, 0.4) is 0 Å². The molecule has 0 aliphatic heterocycles. The number of aromatic nitrogens is 2. The summed E-state index contributed by atoms with van der Waals surface area (Å²) in [7, 11) is 4.73. The number of pyridine rings is 1. The van der Waals surface area contributed by atoms with Gasteiger partial charge in [-0.15, -0.1) is 0 Å². The molecule has 1 amide bonds. The summed E-state index contributed by atoms with van der Waals surface area (Å²) in [6, 6.07) is 5.05. The molecular weight excluding hydrogens is 404 g/mol. The Morgan fingerprint density at radius 1 is 1.19 bits per heavy atom. The fraction of sp³-hybridized carbons (Fsp3) is 0.333. The van der Waals surface area contributed by atoms with Crippen LogP contribution in [0.5, 0.6) is 11.5 Å². The summed E-state index contributed by atoms with van der Waals surface area (Å²) in [6.07, 6.45) is 1.41. The van der Waals surface area contributed by atoms with Crippen LogP contribution >= 0.6 is 0 Å². The molecule has 1 aromatic carbocycles. The third kappa shape index (κ3) is 4.52. The molecular formula is C21H24N4O6. The third-order valence-electron chi connectivity index (χ3n) is 4.51. The summed E-state index contributed by atoms with van der Waals surface area (Å²) in [4.78, 5) is 31.3. The molecule has 0 spiro atoms. The zero-order valence-electron chi connectivity index (χ0n) is 18.0. The van der Waals surface area contributed by atoms with Gasteiger partial charge in [0.2, 0.25) is 5.91 Å². The Kier molecular flexibility index (Phi) is 6.58. The highest BCUT2D eigenvalue weighted by Crippen LogP contribution is 2.40. The van der Waals surface area contributed by atoms with Gasteiger partial charge in [0.05, 0.1) is 38.4 Å². The molecule has 1 N–H and O–H groups in total. The van der Waals surface area contributed by atoms with Crippen molar-refractivity contribution in [3.63, 3.8) is 0 Å². The van der Waals surface area contributed by atoms with E-state index in [0.29, 0.717) is 39.7 Å². The smallest absolute Gasteiger partial charge is 0.341 e. The molecule has 3 aromatic rings. The molecule has 0 aliphatic rings. The van der Waals surface area contributed by atoms with Gasteiger partial charge in [-0.05, 0) is 26.0 Å². The number of hydrogen-bond donors (Lipinski definition) is 1. The van der Waals surface area contributed by atoms with Crippen molar-refractivity contribution in [1.82, 2.24) is 10.1 Å². The maximum absolute atomic E-state index is 12.7. The number of esters is 1. The van der Waals surface area contributed by atoms with E-state index in [4.69, 9.17) is 18.7 Å². The fourth-order valence-corrected chi connectivity index (χ4v) is 3.23. The van der Waals surface area contributed by atoms with E-state index in [9.17, 15) is 9.59 Å². The van der Waals surface area contributed by atoms with E-state index in [0.717, 1.165) is 0 Å². The van der Waals surface area contributed by atoms with Crippen LogP contribution in [0, 0.1) is 6.92 Å². The molecule has 31 heavy (non-hydrogen) atoms. The van der Waals surface area contributed by atoms with Crippen LogP contribution in [-0.4, -0.2) is 56.4 Å². The van der Waals surface area contributed by atoms with Gasteiger partial charge in [0, 0.05) is 19.3 Å². The summed E-state index contributed by atoms with van der Waals surface area (Å²) >= 11 is 0.